The van der Waals surface area contributed by atoms with E-state index in [-0.39, 0.29) is 0 Å². The maximum absolute atomic E-state index is 2.32. The summed E-state index contributed by atoms with van der Waals surface area (Å²) in [6.07, 6.45) is 0. The van der Waals surface area contributed by atoms with E-state index in [4.69, 9.17) is 0 Å². The zero-order chi connectivity index (χ0) is 90.0. The fourth-order valence-electron chi connectivity index (χ4n) is 19.2. The maximum Gasteiger partial charge on any atom is 0.0462 e. The number of anilines is 9. The minimum atomic E-state index is 1.12. The largest absolute Gasteiger partial charge is 0.311 e. The van der Waals surface area contributed by atoms with Crippen LogP contribution in [0, 0.1) is 0 Å². The van der Waals surface area contributed by atoms with Gasteiger partial charge in [0, 0.05) is 51.2 Å². The fraction of sp³-hybridized carbons (Fsp3) is 0. The monoisotopic (exact) mass is 1720 g/mol. The molecule has 0 aliphatic heterocycles. The predicted octanol–water partition coefficient (Wildman–Crippen LogP) is 37.4. The Balaban J connectivity index is 0.000000119. The molecule has 0 bridgehead atoms. The summed E-state index contributed by atoms with van der Waals surface area (Å²) in [5.74, 6) is 0. The minimum Gasteiger partial charge on any atom is -0.311 e. The standard InChI is InChI=1S/C50H35N.C44H31N.C38H27N/c1-2-14-44(15-3-1)51(45-32-28-38(29-33-45)36-20-24-42(25-21-36)49-18-8-12-40-10-4-6-16-47(40)49)46-34-30-39(31-35-46)37-22-26-43(27-23-37)50-19-9-13-41-11-5-7-17-48(41)50;1-2-14-38(15-3-1)45(40-30-26-37(27-31-40)44-19-9-13-35-11-5-7-17-42(35)44)39-28-24-33(25-29-39)32-20-22-36(23-21-32)43-18-8-12-34-10-4-6-16-41(34)43;1-2-14-32(15-3-1)39(33-24-20-30(21-25-33)37-18-8-12-28-10-4-6-16-35(28)37)34-26-22-31(23-27-34)38-19-9-13-29-11-5-7-17-36(29)38/h1-35H;1-31H;1-27H. The number of hydrogen-bond acceptors (Lipinski definition) is 3. The lowest BCUT2D eigenvalue weighted by atomic mass is 9.96. The molecule has 24 rings (SSSR count). The second-order valence-corrected chi connectivity index (χ2v) is 34.2. The molecule has 0 fully saturated rings. The van der Waals surface area contributed by atoms with Crippen LogP contribution in [0.1, 0.15) is 0 Å². The smallest absolute Gasteiger partial charge is 0.0462 e. The van der Waals surface area contributed by atoms with E-state index in [9.17, 15) is 0 Å². The van der Waals surface area contributed by atoms with Crippen LogP contribution in [-0.2, 0) is 0 Å². The quantitative estimate of drug-likeness (QED) is 0.0848. The molecule has 636 valence electrons. The van der Waals surface area contributed by atoms with Crippen LogP contribution in [0.15, 0.2) is 564 Å². The lowest BCUT2D eigenvalue weighted by molar-refractivity contribution is 1.28. The van der Waals surface area contributed by atoms with Gasteiger partial charge in [-0.3, -0.25) is 0 Å². The molecule has 0 atom stereocenters. The van der Waals surface area contributed by atoms with Gasteiger partial charge in [-0.15, -0.1) is 0 Å². The highest BCUT2D eigenvalue weighted by atomic mass is 15.2. The molecule has 0 saturated heterocycles. The van der Waals surface area contributed by atoms with Crippen molar-refractivity contribution in [2.24, 2.45) is 0 Å². The Kier molecular flexibility index (Phi) is 23.4. The molecular weight excluding hydrogens is 1630 g/mol. The topological polar surface area (TPSA) is 9.72 Å². The molecule has 3 heteroatoms. The Bertz CT molecular complexity index is 7930. The SMILES string of the molecule is c1ccc(N(c2ccc(-c3ccc(-c4cccc5ccccc45)cc3)cc2)c2ccc(-c3ccc(-c4cccc5ccccc45)cc3)cc2)cc1.c1ccc(N(c2ccc(-c3ccc(-c4cccc5ccccc45)cc3)cc2)c2ccc(-c3cccc4ccccc34)cc2)cc1.c1ccc(N(c2ccc(-c3cccc4ccccc34)cc2)c2ccc(-c3cccc4ccccc34)cc2)cc1. The van der Waals surface area contributed by atoms with Gasteiger partial charge in [0.25, 0.3) is 0 Å². The summed E-state index contributed by atoms with van der Waals surface area (Å²) >= 11 is 0. The number of hydrogen-bond donors (Lipinski definition) is 0. The van der Waals surface area contributed by atoms with Gasteiger partial charge in [0.2, 0.25) is 0 Å². The summed E-state index contributed by atoms with van der Waals surface area (Å²) in [6.45, 7) is 0. The third-order valence-corrected chi connectivity index (χ3v) is 26.1. The van der Waals surface area contributed by atoms with E-state index in [0.717, 1.165) is 51.2 Å². The second-order valence-electron chi connectivity index (χ2n) is 34.2. The number of benzene rings is 24. The molecule has 0 heterocycles. The van der Waals surface area contributed by atoms with Crippen molar-refractivity contribution in [3.63, 3.8) is 0 Å². The van der Waals surface area contributed by atoms with Crippen LogP contribution in [0.3, 0.4) is 0 Å². The van der Waals surface area contributed by atoms with E-state index in [1.807, 2.05) is 0 Å². The predicted molar refractivity (Wildman–Crippen MR) is 577 cm³/mol. The first-order valence-electron chi connectivity index (χ1n) is 46.3. The molecule has 0 spiro atoms. The summed E-state index contributed by atoms with van der Waals surface area (Å²) in [4.78, 5) is 6.96. The molecule has 0 amide bonds. The number of nitrogens with zero attached hydrogens (tertiary/aromatic N) is 3. The Labute approximate surface area is 789 Å². The van der Waals surface area contributed by atoms with Crippen LogP contribution in [0.25, 0.3) is 165 Å². The lowest BCUT2D eigenvalue weighted by Gasteiger charge is -2.26. The minimum absolute atomic E-state index is 1.12. The summed E-state index contributed by atoms with van der Waals surface area (Å²) in [6, 6.07) is 203. The van der Waals surface area contributed by atoms with Crippen LogP contribution >= 0.6 is 0 Å². The van der Waals surface area contributed by atoms with Gasteiger partial charge in [0.1, 0.15) is 0 Å². The molecule has 24 aromatic carbocycles. The average Bonchev–Trinajstić information content (AvgIpc) is 0.773. The third-order valence-electron chi connectivity index (χ3n) is 26.1. The number of para-hydroxylation sites is 3. The molecule has 0 aliphatic rings. The van der Waals surface area contributed by atoms with E-state index in [0.29, 0.717) is 0 Å². The zero-order valence-corrected chi connectivity index (χ0v) is 74.5. The Morgan fingerprint density at radius 1 is 0.0815 bits per heavy atom. The van der Waals surface area contributed by atoms with Crippen molar-refractivity contribution in [3.8, 4) is 100 Å². The number of fused-ring (bicyclic) bond motifs is 6. The Hall–Kier alpha value is -17.8. The van der Waals surface area contributed by atoms with Crippen molar-refractivity contribution in [2.75, 3.05) is 14.7 Å². The first-order chi connectivity index (χ1) is 66.9. The molecule has 0 unspecified atom stereocenters. The van der Waals surface area contributed by atoms with E-state index in [2.05, 4.69) is 579 Å². The highest BCUT2D eigenvalue weighted by Crippen LogP contribution is 2.45. The van der Waals surface area contributed by atoms with Crippen LogP contribution in [-0.4, -0.2) is 0 Å². The van der Waals surface area contributed by atoms with E-state index < -0.39 is 0 Å². The molecule has 0 saturated carbocycles. The first kappa shape index (κ1) is 82.9. The van der Waals surface area contributed by atoms with Crippen molar-refractivity contribution in [2.45, 2.75) is 0 Å². The summed E-state index contributed by atoms with van der Waals surface area (Å²) in [5, 5.41) is 15.2. The maximum atomic E-state index is 2.32. The third kappa shape index (κ3) is 17.5. The van der Waals surface area contributed by atoms with Crippen molar-refractivity contribution >= 4 is 116 Å². The summed E-state index contributed by atoms with van der Waals surface area (Å²) < 4.78 is 0. The van der Waals surface area contributed by atoms with E-state index in [1.54, 1.807) is 0 Å². The van der Waals surface area contributed by atoms with Gasteiger partial charge < -0.3 is 14.7 Å². The van der Waals surface area contributed by atoms with Gasteiger partial charge in [-0.05, 0) is 274 Å². The molecule has 0 aliphatic carbocycles. The van der Waals surface area contributed by atoms with Crippen LogP contribution in [0.2, 0.25) is 0 Å². The zero-order valence-electron chi connectivity index (χ0n) is 74.5. The van der Waals surface area contributed by atoms with Gasteiger partial charge in [0.15, 0.2) is 0 Å². The fourth-order valence-corrected chi connectivity index (χ4v) is 19.2. The second kappa shape index (κ2) is 38.1. The van der Waals surface area contributed by atoms with Crippen LogP contribution in [0.4, 0.5) is 51.2 Å². The van der Waals surface area contributed by atoms with Crippen molar-refractivity contribution in [3.05, 3.63) is 564 Å². The van der Waals surface area contributed by atoms with Crippen LogP contribution < -0.4 is 14.7 Å². The molecular formula is C132H93N3. The first-order valence-corrected chi connectivity index (χ1v) is 46.3. The van der Waals surface area contributed by atoms with Gasteiger partial charge in [0.05, 0.1) is 0 Å². The van der Waals surface area contributed by atoms with Gasteiger partial charge in [-0.25, -0.2) is 0 Å². The van der Waals surface area contributed by atoms with E-state index >= 15 is 0 Å². The molecule has 0 N–H and O–H groups in total. The van der Waals surface area contributed by atoms with Crippen molar-refractivity contribution < 1.29 is 0 Å². The molecule has 0 radical (unpaired) electrons. The number of rotatable bonds is 18. The molecule has 0 aromatic heterocycles. The Morgan fingerprint density at radius 2 is 0.200 bits per heavy atom. The van der Waals surface area contributed by atoms with Gasteiger partial charge in [-0.2, -0.15) is 0 Å². The average molecular weight is 1720 g/mol. The lowest BCUT2D eigenvalue weighted by Crippen LogP contribution is -2.09. The van der Waals surface area contributed by atoms with E-state index in [1.165, 1.54) is 165 Å². The highest BCUT2D eigenvalue weighted by Gasteiger charge is 2.20. The molecule has 24 aromatic rings. The van der Waals surface area contributed by atoms with Crippen molar-refractivity contribution in [1.29, 1.82) is 0 Å². The molecule has 3 nitrogen and oxygen atoms in total. The Morgan fingerprint density at radius 3 is 0.370 bits per heavy atom. The highest BCUT2D eigenvalue weighted by molar-refractivity contribution is 6.03. The van der Waals surface area contributed by atoms with Crippen LogP contribution in [0.5, 0.6) is 0 Å². The molecule has 135 heavy (non-hydrogen) atoms. The summed E-state index contributed by atoms with van der Waals surface area (Å²) in [7, 11) is 0. The van der Waals surface area contributed by atoms with Gasteiger partial charge in [-0.1, -0.05) is 455 Å². The normalized spacial score (nSPS) is 11.1. The summed E-state index contributed by atoms with van der Waals surface area (Å²) in [5.41, 5.74) is 32.2. The van der Waals surface area contributed by atoms with Crippen molar-refractivity contribution in [1.82, 2.24) is 0 Å². The van der Waals surface area contributed by atoms with Gasteiger partial charge >= 0.3 is 0 Å².